The third-order valence-corrected chi connectivity index (χ3v) is 5.59. The van der Waals surface area contributed by atoms with Gasteiger partial charge >= 0.3 is 0 Å². The third kappa shape index (κ3) is 3.35. The lowest BCUT2D eigenvalue weighted by molar-refractivity contribution is -0.120. The van der Waals surface area contributed by atoms with Crippen molar-refractivity contribution in [1.29, 1.82) is 0 Å². The summed E-state index contributed by atoms with van der Waals surface area (Å²) in [7, 11) is 0. The molecule has 0 spiro atoms. The van der Waals surface area contributed by atoms with Crippen LogP contribution in [0.4, 0.5) is 14.5 Å². The SMILES string of the molecule is O=C(Nc1ccc(F)c(F)c1)C1CCc2nc(-c3ccncc3)sc2C1. The number of thiazole rings is 1. The van der Waals surface area contributed by atoms with Crippen molar-refractivity contribution >= 4 is 22.9 Å². The summed E-state index contributed by atoms with van der Waals surface area (Å²) in [6.45, 7) is 0. The summed E-state index contributed by atoms with van der Waals surface area (Å²) in [5, 5.41) is 3.61. The molecule has 1 aliphatic carbocycles. The molecular weight excluding hydrogens is 356 g/mol. The molecule has 3 aromatic rings. The molecule has 0 saturated heterocycles. The first-order chi connectivity index (χ1) is 12.6. The molecule has 0 saturated carbocycles. The van der Waals surface area contributed by atoms with Gasteiger partial charge in [-0.2, -0.15) is 0 Å². The van der Waals surface area contributed by atoms with E-state index in [1.807, 2.05) is 12.1 Å². The number of rotatable bonds is 3. The Morgan fingerprint density at radius 2 is 1.96 bits per heavy atom. The third-order valence-electron chi connectivity index (χ3n) is 4.42. The Morgan fingerprint density at radius 1 is 1.15 bits per heavy atom. The number of nitrogens with one attached hydrogen (secondary N) is 1. The first kappa shape index (κ1) is 16.8. The van der Waals surface area contributed by atoms with Crippen molar-refractivity contribution in [3.8, 4) is 10.6 Å². The van der Waals surface area contributed by atoms with Crippen LogP contribution in [0.5, 0.6) is 0 Å². The lowest BCUT2D eigenvalue weighted by Crippen LogP contribution is -2.27. The molecule has 4 nitrogen and oxygen atoms in total. The average molecular weight is 371 g/mol. The molecule has 1 unspecified atom stereocenters. The average Bonchev–Trinajstić information content (AvgIpc) is 3.09. The highest BCUT2D eigenvalue weighted by Crippen LogP contribution is 2.34. The van der Waals surface area contributed by atoms with E-state index in [2.05, 4.69) is 15.3 Å². The number of halogens is 2. The maximum Gasteiger partial charge on any atom is 0.227 e. The number of aryl methyl sites for hydroxylation is 1. The number of hydrogen-bond donors (Lipinski definition) is 1. The number of carbonyl (C=O) groups excluding carboxylic acids is 1. The van der Waals surface area contributed by atoms with Crippen LogP contribution in [0.25, 0.3) is 10.6 Å². The standard InChI is InChI=1S/C19H15F2N3OS/c20-14-3-2-13(10-15(14)21)23-18(25)12-1-4-16-17(9-12)26-19(24-16)11-5-7-22-8-6-11/h2-3,5-8,10,12H,1,4,9H2,(H,23,25). The van der Waals surface area contributed by atoms with Gasteiger partial charge in [0.1, 0.15) is 5.01 Å². The zero-order chi connectivity index (χ0) is 18.1. The molecule has 26 heavy (non-hydrogen) atoms. The van der Waals surface area contributed by atoms with Crippen molar-refractivity contribution in [3.63, 3.8) is 0 Å². The Morgan fingerprint density at radius 3 is 2.73 bits per heavy atom. The van der Waals surface area contributed by atoms with E-state index in [9.17, 15) is 13.6 Å². The summed E-state index contributed by atoms with van der Waals surface area (Å²) < 4.78 is 26.3. The van der Waals surface area contributed by atoms with Crippen molar-refractivity contribution < 1.29 is 13.6 Å². The molecule has 1 amide bonds. The largest absolute Gasteiger partial charge is 0.326 e. The Balaban J connectivity index is 1.48. The van der Waals surface area contributed by atoms with Crippen LogP contribution in [0.3, 0.4) is 0 Å². The molecule has 0 aliphatic heterocycles. The summed E-state index contributed by atoms with van der Waals surface area (Å²) in [5.74, 6) is -2.29. The molecule has 1 N–H and O–H groups in total. The van der Waals surface area contributed by atoms with Gasteiger partial charge in [0.15, 0.2) is 11.6 Å². The molecule has 132 valence electrons. The monoisotopic (exact) mass is 371 g/mol. The fourth-order valence-electron chi connectivity index (χ4n) is 3.03. The van der Waals surface area contributed by atoms with Crippen LogP contribution in [0.15, 0.2) is 42.7 Å². The van der Waals surface area contributed by atoms with Crippen LogP contribution >= 0.6 is 11.3 Å². The molecule has 0 bridgehead atoms. The lowest BCUT2D eigenvalue weighted by Gasteiger charge is -2.20. The van der Waals surface area contributed by atoms with E-state index >= 15 is 0 Å². The lowest BCUT2D eigenvalue weighted by atomic mass is 9.90. The van der Waals surface area contributed by atoms with E-state index in [-0.39, 0.29) is 17.5 Å². The molecule has 0 fully saturated rings. The van der Waals surface area contributed by atoms with E-state index in [1.165, 1.54) is 6.07 Å². The normalized spacial score (nSPS) is 16.2. The number of aromatic nitrogens is 2. The number of amides is 1. The van der Waals surface area contributed by atoms with Gasteiger partial charge in [-0.25, -0.2) is 13.8 Å². The van der Waals surface area contributed by atoms with Gasteiger partial charge in [-0.15, -0.1) is 11.3 Å². The summed E-state index contributed by atoms with van der Waals surface area (Å²) in [6.07, 6.45) is 5.48. The summed E-state index contributed by atoms with van der Waals surface area (Å²) in [4.78, 5) is 22.3. The topological polar surface area (TPSA) is 54.9 Å². The van der Waals surface area contributed by atoms with E-state index in [0.29, 0.717) is 12.8 Å². The number of fused-ring (bicyclic) bond motifs is 1. The minimum atomic E-state index is -0.974. The van der Waals surface area contributed by atoms with Crippen LogP contribution in [-0.4, -0.2) is 15.9 Å². The molecule has 7 heteroatoms. The van der Waals surface area contributed by atoms with Gasteiger partial charge < -0.3 is 5.32 Å². The van der Waals surface area contributed by atoms with Crippen molar-refractivity contribution in [2.45, 2.75) is 19.3 Å². The van der Waals surface area contributed by atoms with Crippen LogP contribution in [0.2, 0.25) is 0 Å². The van der Waals surface area contributed by atoms with Gasteiger partial charge in [0.05, 0.1) is 5.69 Å². The maximum atomic E-state index is 13.3. The molecule has 1 atom stereocenters. The predicted octanol–water partition coefficient (Wildman–Crippen LogP) is 4.23. The zero-order valence-electron chi connectivity index (χ0n) is 13.7. The number of anilines is 1. The molecule has 1 aliphatic rings. The van der Waals surface area contributed by atoms with E-state index in [4.69, 9.17) is 0 Å². The fraction of sp³-hybridized carbons (Fsp3) is 0.211. The second-order valence-corrected chi connectivity index (χ2v) is 7.27. The van der Waals surface area contributed by atoms with Gasteiger partial charge in [-0.1, -0.05) is 0 Å². The van der Waals surface area contributed by atoms with Gasteiger partial charge in [0, 0.05) is 40.5 Å². The minimum Gasteiger partial charge on any atom is -0.326 e. The Kier molecular flexibility index (Phi) is 4.46. The van der Waals surface area contributed by atoms with Crippen LogP contribution < -0.4 is 5.32 Å². The van der Waals surface area contributed by atoms with Crippen LogP contribution in [-0.2, 0) is 17.6 Å². The first-order valence-electron chi connectivity index (χ1n) is 8.25. The second kappa shape index (κ2) is 6.92. The highest BCUT2D eigenvalue weighted by molar-refractivity contribution is 7.15. The van der Waals surface area contributed by atoms with Gasteiger partial charge in [-0.3, -0.25) is 9.78 Å². The smallest absolute Gasteiger partial charge is 0.227 e. The van der Waals surface area contributed by atoms with Crippen LogP contribution in [0.1, 0.15) is 17.0 Å². The quantitative estimate of drug-likeness (QED) is 0.750. The van der Waals surface area contributed by atoms with Crippen LogP contribution in [0, 0.1) is 17.6 Å². The molecule has 1 aromatic carbocycles. The fourth-order valence-corrected chi connectivity index (χ4v) is 4.23. The summed E-state index contributed by atoms with van der Waals surface area (Å²) >= 11 is 1.59. The molecule has 2 aromatic heterocycles. The van der Waals surface area contributed by atoms with E-state index in [0.717, 1.165) is 39.7 Å². The van der Waals surface area contributed by atoms with Gasteiger partial charge in [-0.05, 0) is 43.5 Å². The predicted molar refractivity (Wildman–Crippen MR) is 95.8 cm³/mol. The molecule has 4 rings (SSSR count). The summed E-state index contributed by atoms with van der Waals surface area (Å²) in [6, 6.07) is 7.19. The number of hydrogen-bond acceptors (Lipinski definition) is 4. The Labute approximate surface area is 152 Å². The minimum absolute atomic E-state index is 0.180. The van der Waals surface area contributed by atoms with Crippen molar-refractivity contribution in [2.75, 3.05) is 5.32 Å². The van der Waals surface area contributed by atoms with Crippen molar-refractivity contribution in [3.05, 3.63) is 64.9 Å². The van der Waals surface area contributed by atoms with Gasteiger partial charge in [0.2, 0.25) is 5.91 Å². The number of benzene rings is 1. The highest BCUT2D eigenvalue weighted by Gasteiger charge is 2.28. The molecular formula is C19H15F2N3OS. The zero-order valence-corrected chi connectivity index (χ0v) is 14.5. The maximum absolute atomic E-state index is 13.3. The molecule has 2 heterocycles. The number of pyridine rings is 1. The van der Waals surface area contributed by atoms with Gasteiger partial charge in [0.25, 0.3) is 0 Å². The first-order valence-corrected chi connectivity index (χ1v) is 9.06. The highest BCUT2D eigenvalue weighted by atomic mass is 32.1. The van der Waals surface area contributed by atoms with E-state index < -0.39 is 11.6 Å². The van der Waals surface area contributed by atoms with E-state index in [1.54, 1.807) is 23.7 Å². The Bertz CT molecular complexity index is 959. The second-order valence-electron chi connectivity index (χ2n) is 6.18. The number of carbonyl (C=O) groups is 1. The van der Waals surface area contributed by atoms with Crippen molar-refractivity contribution in [1.82, 2.24) is 9.97 Å². The molecule has 0 radical (unpaired) electrons. The number of nitrogens with zero attached hydrogens (tertiary/aromatic N) is 2. The Hall–Kier alpha value is -2.67. The van der Waals surface area contributed by atoms with Crippen molar-refractivity contribution in [2.24, 2.45) is 5.92 Å². The summed E-state index contributed by atoms with van der Waals surface area (Å²) in [5.41, 5.74) is 2.32.